The average molecular weight is 383 g/mol. The van der Waals surface area contributed by atoms with E-state index in [0.717, 1.165) is 35.8 Å². The molecule has 0 saturated heterocycles. The summed E-state index contributed by atoms with van der Waals surface area (Å²) in [6.07, 6.45) is 3.32. The number of rotatable bonds is 8. The van der Waals surface area contributed by atoms with Gasteiger partial charge in [-0.05, 0) is 12.5 Å². The summed E-state index contributed by atoms with van der Waals surface area (Å²) in [6, 6.07) is 7.80. The standard InChI is InChI=1S/C15H19BrN4OS/c1-2-3-6-9-17-13(21)10-22-15-18-14(19-20-15)11-7-4-5-8-12(11)16/h4-5,7-8H,2-3,6,9-10H2,1H3,(H,17,21)(H,18,19,20). The molecule has 0 unspecified atom stereocenters. The zero-order chi connectivity index (χ0) is 15.8. The van der Waals surface area contributed by atoms with Gasteiger partial charge in [0.05, 0.1) is 5.75 Å². The number of thioether (sulfide) groups is 1. The third-order valence-electron chi connectivity index (χ3n) is 3.03. The number of nitrogens with one attached hydrogen (secondary N) is 2. The number of unbranched alkanes of at least 4 members (excludes halogenated alkanes) is 2. The van der Waals surface area contributed by atoms with Crippen LogP contribution in [0.1, 0.15) is 26.2 Å². The quantitative estimate of drug-likeness (QED) is 0.540. The van der Waals surface area contributed by atoms with Crippen LogP contribution in [0.5, 0.6) is 0 Å². The molecule has 5 nitrogen and oxygen atoms in total. The van der Waals surface area contributed by atoms with Crippen LogP contribution in [-0.4, -0.2) is 33.4 Å². The fourth-order valence-electron chi connectivity index (χ4n) is 1.87. The summed E-state index contributed by atoms with van der Waals surface area (Å²) in [5.41, 5.74) is 0.950. The number of nitrogens with zero attached hydrogens (tertiary/aromatic N) is 2. The van der Waals surface area contributed by atoms with Crippen molar-refractivity contribution >= 4 is 33.6 Å². The van der Waals surface area contributed by atoms with E-state index < -0.39 is 0 Å². The van der Waals surface area contributed by atoms with E-state index >= 15 is 0 Å². The topological polar surface area (TPSA) is 70.7 Å². The number of carbonyl (C=O) groups excluding carboxylic acids is 1. The first kappa shape index (κ1) is 17.0. The van der Waals surface area contributed by atoms with Gasteiger partial charge < -0.3 is 5.32 Å². The van der Waals surface area contributed by atoms with Gasteiger partial charge in [-0.1, -0.05) is 65.7 Å². The molecule has 0 fully saturated rings. The van der Waals surface area contributed by atoms with Crippen molar-refractivity contribution in [1.82, 2.24) is 20.5 Å². The minimum Gasteiger partial charge on any atom is -0.355 e. The van der Waals surface area contributed by atoms with Crippen LogP contribution >= 0.6 is 27.7 Å². The van der Waals surface area contributed by atoms with Crippen molar-refractivity contribution in [2.45, 2.75) is 31.3 Å². The molecule has 1 amide bonds. The Balaban J connectivity index is 1.83. The maximum atomic E-state index is 11.7. The van der Waals surface area contributed by atoms with Crippen LogP contribution < -0.4 is 5.32 Å². The average Bonchev–Trinajstić information content (AvgIpc) is 2.99. The monoisotopic (exact) mass is 382 g/mol. The highest BCUT2D eigenvalue weighted by molar-refractivity contribution is 9.10. The van der Waals surface area contributed by atoms with E-state index in [1.807, 2.05) is 24.3 Å². The van der Waals surface area contributed by atoms with Crippen molar-refractivity contribution in [2.75, 3.05) is 12.3 Å². The van der Waals surface area contributed by atoms with Crippen LogP contribution in [0.2, 0.25) is 0 Å². The fraction of sp³-hybridized carbons (Fsp3) is 0.400. The molecule has 1 heterocycles. The smallest absolute Gasteiger partial charge is 0.230 e. The molecule has 0 aliphatic carbocycles. The van der Waals surface area contributed by atoms with E-state index in [-0.39, 0.29) is 5.91 Å². The normalized spacial score (nSPS) is 10.6. The lowest BCUT2D eigenvalue weighted by molar-refractivity contribution is -0.118. The summed E-state index contributed by atoms with van der Waals surface area (Å²) in [6.45, 7) is 2.88. The fourth-order valence-corrected chi connectivity index (χ4v) is 2.97. The Kier molecular flexibility index (Phi) is 6.92. The molecule has 118 valence electrons. The zero-order valence-electron chi connectivity index (χ0n) is 12.4. The Morgan fingerprint density at radius 3 is 2.95 bits per heavy atom. The van der Waals surface area contributed by atoms with Crippen LogP contribution in [0.4, 0.5) is 0 Å². The summed E-state index contributed by atoms with van der Waals surface area (Å²) in [5.74, 6) is 1.05. The Bertz CT molecular complexity index is 617. The van der Waals surface area contributed by atoms with Crippen LogP contribution in [0.3, 0.4) is 0 Å². The predicted molar refractivity (Wildman–Crippen MR) is 92.8 cm³/mol. The summed E-state index contributed by atoms with van der Waals surface area (Å²) in [7, 11) is 0. The van der Waals surface area contributed by atoms with Gasteiger partial charge in [0.15, 0.2) is 5.82 Å². The number of hydrogen-bond acceptors (Lipinski definition) is 4. The van der Waals surface area contributed by atoms with Gasteiger partial charge in [-0.3, -0.25) is 9.89 Å². The Morgan fingerprint density at radius 2 is 2.18 bits per heavy atom. The number of amides is 1. The largest absolute Gasteiger partial charge is 0.355 e. The first-order valence-electron chi connectivity index (χ1n) is 7.27. The molecule has 0 saturated carbocycles. The molecule has 0 bridgehead atoms. The van der Waals surface area contributed by atoms with E-state index in [0.29, 0.717) is 16.7 Å². The lowest BCUT2D eigenvalue weighted by atomic mass is 10.2. The zero-order valence-corrected chi connectivity index (χ0v) is 14.8. The molecule has 0 spiro atoms. The van der Waals surface area contributed by atoms with Crippen molar-refractivity contribution in [1.29, 1.82) is 0 Å². The summed E-state index contributed by atoms with van der Waals surface area (Å²) in [4.78, 5) is 16.1. The maximum absolute atomic E-state index is 11.7. The van der Waals surface area contributed by atoms with Gasteiger partial charge in [-0.25, -0.2) is 4.98 Å². The van der Waals surface area contributed by atoms with Crippen molar-refractivity contribution < 1.29 is 4.79 Å². The molecule has 2 N–H and O–H groups in total. The molecule has 2 rings (SSSR count). The second kappa shape index (κ2) is 8.95. The third-order valence-corrected chi connectivity index (χ3v) is 4.57. The van der Waals surface area contributed by atoms with Crippen LogP contribution in [-0.2, 0) is 4.79 Å². The van der Waals surface area contributed by atoms with Crippen molar-refractivity contribution in [3.8, 4) is 11.4 Å². The number of aromatic amines is 1. The van der Waals surface area contributed by atoms with Gasteiger partial charge in [0.1, 0.15) is 0 Å². The molecule has 0 atom stereocenters. The van der Waals surface area contributed by atoms with E-state index in [2.05, 4.69) is 43.4 Å². The van der Waals surface area contributed by atoms with Crippen LogP contribution in [0.15, 0.2) is 33.9 Å². The second-order valence-corrected chi connectivity index (χ2v) is 6.59. The van der Waals surface area contributed by atoms with Gasteiger partial charge in [0.2, 0.25) is 11.1 Å². The van der Waals surface area contributed by atoms with Gasteiger partial charge >= 0.3 is 0 Å². The van der Waals surface area contributed by atoms with E-state index in [9.17, 15) is 4.79 Å². The lowest BCUT2D eigenvalue weighted by Gasteiger charge is -2.02. The highest BCUT2D eigenvalue weighted by Crippen LogP contribution is 2.26. The number of halogens is 1. The van der Waals surface area contributed by atoms with Gasteiger partial charge in [0.25, 0.3) is 0 Å². The highest BCUT2D eigenvalue weighted by Gasteiger charge is 2.10. The lowest BCUT2D eigenvalue weighted by Crippen LogP contribution is -2.26. The molecule has 0 radical (unpaired) electrons. The van der Waals surface area contributed by atoms with Crippen LogP contribution in [0, 0.1) is 0 Å². The van der Waals surface area contributed by atoms with E-state index in [4.69, 9.17) is 0 Å². The van der Waals surface area contributed by atoms with E-state index in [1.165, 1.54) is 11.8 Å². The van der Waals surface area contributed by atoms with Crippen molar-refractivity contribution in [3.05, 3.63) is 28.7 Å². The highest BCUT2D eigenvalue weighted by atomic mass is 79.9. The van der Waals surface area contributed by atoms with Crippen molar-refractivity contribution in [2.24, 2.45) is 0 Å². The Hall–Kier alpha value is -1.34. The summed E-state index contributed by atoms with van der Waals surface area (Å²) in [5, 5.41) is 10.5. The first-order valence-corrected chi connectivity index (χ1v) is 9.05. The number of H-pyrrole nitrogens is 1. The molecule has 22 heavy (non-hydrogen) atoms. The first-order chi connectivity index (χ1) is 10.7. The number of benzene rings is 1. The van der Waals surface area contributed by atoms with Crippen molar-refractivity contribution in [3.63, 3.8) is 0 Å². The molecule has 1 aromatic heterocycles. The summed E-state index contributed by atoms with van der Waals surface area (Å²) >= 11 is 4.82. The van der Waals surface area contributed by atoms with Crippen LogP contribution in [0.25, 0.3) is 11.4 Å². The van der Waals surface area contributed by atoms with Gasteiger partial charge in [-0.15, -0.1) is 5.10 Å². The van der Waals surface area contributed by atoms with E-state index in [1.54, 1.807) is 0 Å². The molecule has 7 heteroatoms. The molecular formula is C15H19BrN4OS. The maximum Gasteiger partial charge on any atom is 0.230 e. The molecule has 0 aliphatic heterocycles. The number of hydrogen-bond donors (Lipinski definition) is 2. The summed E-state index contributed by atoms with van der Waals surface area (Å²) < 4.78 is 0.955. The SMILES string of the molecule is CCCCCNC(=O)CSc1n[nH]c(-c2ccccc2Br)n1. The number of carbonyl (C=O) groups is 1. The minimum atomic E-state index is 0.0216. The minimum absolute atomic E-state index is 0.0216. The molecular weight excluding hydrogens is 364 g/mol. The Morgan fingerprint density at radius 1 is 1.36 bits per heavy atom. The second-order valence-electron chi connectivity index (χ2n) is 4.79. The van der Waals surface area contributed by atoms with Gasteiger partial charge in [-0.2, -0.15) is 0 Å². The predicted octanol–water partition coefficient (Wildman–Crippen LogP) is 3.63. The Labute approximate surface area is 142 Å². The molecule has 1 aromatic carbocycles. The number of aromatic nitrogens is 3. The third kappa shape index (κ3) is 5.14. The molecule has 2 aromatic rings. The van der Waals surface area contributed by atoms with Gasteiger partial charge in [0, 0.05) is 16.6 Å². The molecule has 0 aliphatic rings.